The molecule has 1 saturated heterocycles. The molecule has 1 aliphatic heterocycles. The molecular weight excluding hydrogens is 368 g/mol. The Morgan fingerprint density at radius 3 is 2.46 bits per heavy atom. The lowest BCUT2D eigenvalue weighted by atomic mass is 10.0. The van der Waals surface area contributed by atoms with E-state index >= 15 is 0 Å². The molecule has 5 heteroatoms. The first-order chi connectivity index (χ1) is 11.8. The molecule has 3 rings (SSSR count). The Kier molecular flexibility index (Phi) is 6.01. The number of nitrogens with zero attached hydrogens (tertiary/aromatic N) is 1. The lowest BCUT2D eigenvalue weighted by molar-refractivity contribution is 0.0162. The lowest BCUT2D eigenvalue weighted by Gasteiger charge is -2.35. The molecule has 0 aliphatic carbocycles. The van der Waals surface area contributed by atoms with Crippen molar-refractivity contribution in [2.45, 2.75) is 6.04 Å². The summed E-state index contributed by atoms with van der Waals surface area (Å²) in [6.45, 7) is 3.81. The molecule has 126 valence electrons. The Hall–Kier alpha value is -1.69. The summed E-state index contributed by atoms with van der Waals surface area (Å²) >= 11 is 3.44. The monoisotopic (exact) mass is 388 g/mol. The third-order valence-electron chi connectivity index (χ3n) is 4.25. The number of benzene rings is 2. The zero-order valence-corrected chi connectivity index (χ0v) is 15.0. The summed E-state index contributed by atoms with van der Waals surface area (Å²) in [6.07, 6.45) is 0. The molecule has 2 aromatic rings. The van der Waals surface area contributed by atoms with Crippen LogP contribution in [0, 0.1) is 0 Å². The molecule has 1 amide bonds. The highest BCUT2D eigenvalue weighted by Gasteiger charge is 2.23. The predicted octanol–water partition coefficient (Wildman–Crippen LogP) is 3.25. The predicted molar refractivity (Wildman–Crippen MR) is 98.1 cm³/mol. The van der Waals surface area contributed by atoms with Gasteiger partial charge in [0.15, 0.2) is 0 Å². The second-order valence-electron chi connectivity index (χ2n) is 5.76. The molecule has 0 bridgehead atoms. The number of rotatable bonds is 5. The fraction of sp³-hybridized carbons (Fsp3) is 0.316. The zero-order valence-electron chi connectivity index (χ0n) is 13.5. The Balaban J connectivity index is 1.72. The van der Waals surface area contributed by atoms with Crippen LogP contribution >= 0.6 is 15.9 Å². The van der Waals surface area contributed by atoms with E-state index < -0.39 is 0 Å². The number of ether oxygens (including phenoxy) is 1. The first-order valence-electron chi connectivity index (χ1n) is 8.15. The van der Waals surface area contributed by atoms with Crippen molar-refractivity contribution in [3.63, 3.8) is 0 Å². The summed E-state index contributed by atoms with van der Waals surface area (Å²) in [5, 5.41) is 3.08. The number of carbonyl (C=O) groups excluding carboxylic acids is 1. The average Bonchev–Trinajstić information content (AvgIpc) is 2.64. The fourth-order valence-corrected chi connectivity index (χ4v) is 3.42. The van der Waals surface area contributed by atoms with Gasteiger partial charge in [-0.3, -0.25) is 9.69 Å². The first kappa shape index (κ1) is 17.1. The standard InChI is InChI=1S/C19H21BrN2O2/c20-17-9-5-4-8-16(17)19(23)21-14-18(15-6-2-1-3-7-15)22-10-12-24-13-11-22/h1-9,18H,10-14H2,(H,21,23)/t18-/m1/s1. The molecule has 0 saturated carbocycles. The van der Waals surface area contributed by atoms with Gasteiger partial charge in [0.2, 0.25) is 0 Å². The molecular formula is C19H21BrN2O2. The van der Waals surface area contributed by atoms with Crippen LogP contribution in [0.25, 0.3) is 0 Å². The van der Waals surface area contributed by atoms with E-state index in [9.17, 15) is 4.79 Å². The van der Waals surface area contributed by atoms with E-state index in [2.05, 4.69) is 38.3 Å². The van der Waals surface area contributed by atoms with Crippen molar-refractivity contribution in [1.29, 1.82) is 0 Å². The van der Waals surface area contributed by atoms with Crippen molar-refractivity contribution in [2.24, 2.45) is 0 Å². The van der Waals surface area contributed by atoms with Crippen molar-refractivity contribution < 1.29 is 9.53 Å². The molecule has 4 nitrogen and oxygen atoms in total. The van der Waals surface area contributed by atoms with Crippen molar-refractivity contribution in [2.75, 3.05) is 32.8 Å². The molecule has 1 aliphatic rings. The number of hydrogen-bond donors (Lipinski definition) is 1. The van der Waals surface area contributed by atoms with E-state index in [1.165, 1.54) is 5.56 Å². The highest BCUT2D eigenvalue weighted by atomic mass is 79.9. The summed E-state index contributed by atoms with van der Waals surface area (Å²) in [5.74, 6) is -0.0586. The van der Waals surface area contributed by atoms with E-state index in [0.717, 1.165) is 30.8 Å². The molecule has 2 aromatic carbocycles. The van der Waals surface area contributed by atoms with Gasteiger partial charge in [0, 0.05) is 24.1 Å². The number of morpholine rings is 1. The van der Waals surface area contributed by atoms with Crippen LogP contribution < -0.4 is 5.32 Å². The van der Waals surface area contributed by atoms with Gasteiger partial charge < -0.3 is 10.1 Å². The van der Waals surface area contributed by atoms with Crippen LogP contribution in [0.5, 0.6) is 0 Å². The van der Waals surface area contributed by atoms with Gasteiger partial charge in [-0.25, -0.2) is 0 Å². The number of halogens is 1. The summed E-state index contributed by atoms with van der Waals surface area (Å²) < 4.78 is 6.27. The van der Waals surface area contributed by atoms with E-state index in [1.807, 2.05) is 42.5 Å². The maximum absolute atomic E-state index is 12.5. The van der Waals surface area contributed by atoms with Crippen LogP contribution in [0.3, 0.4) is 0 Å². The minimum absolute atomic E-state index is 0.0586. The zero-order chi connectivity index (χ0) is 16.8. The Bertz CT molecular complexity index is 672. The summed E-state index contributed by atoms with van der Waals surface area (Å²) in [5.41, 5.74) is 1.87. The van der Waals surface area contributed by atoms with Crippen LogP contribution in [-0.2, 0) is 4.74 Å². The lowest BCUT2D eigenvalue weighted by Crippen LogP contribution is -2.43. The van der Waals surface area contributed by atoms with Crippen LogP contribution in [0.2, 0.25) is 0 Å². The van der Waals surface area contributed by atoms with Crippen LogP contribution in [0.15, 0.2) is 59.1 Å². The molecule has 1 heterocycles. The van der Waals surface area contributed by atoms with Gasteiger partial charge in [0.05, 0.1) is 24.8 Å². The Morgan fingerprint density at radius 2 is 1.75 bits per heavy atom. The SMILES string of the molecule is O=C(NC[C@H](c1ccccc1)N1CCOCC1)c1ccccc1Br. The molecule has 24 heavy (non-hydrogen) atoms. The highest BCUT2D eigenvalue weighted by molar-refractivity contribution is 9.10. The quantitative estimate of drug-likeness (QED) is 0.854. The maximum Gasteiger partial charge on any atom is 0.252 e. The van der Waals surface area contributed by atoms with Gasteiger partial charge in [-0.05, 0) is 33.6 Å². The van der Waals surface area contributed by atoms with Crippen molar-refractivity contribution >= 4 is 21.8 Å². The minimum atomic E-state index is -0.0586. The number of carbonyl (C=O) groups is 1. The highest BCUT2D eigenvalue weighted by Crippen LogP contribution is 2.22. The van der Waals surface area contributed by atoms with Gasteiger partial charge >= 0.3 is 0 Å². The van der Waals surface area contributed by atoms with E-state index in [1.54, 1.807) is 0 Å². The largest absolute Gasteiger partial charge is 0.379 e. The minimum Gasteiger partial charge on any atom is -0.379 e. The van der Waals surface area contributed by atoms with Gasteiger partial charge in [-0.2, -0.15) is 0 Å². The third kappa shape index (κ3) is 4.23. The van der Waals surface area contributed by atoms with Crippen LogP contribution in [0.4, 0.5) is 0 Å². The summed E-state index contributed by atoms with van der Waals surface area (Å²) in [7, 11) is 0. The average molecular weight is 389 g/mol. The maximum atomic E-state index is 12.5. The van der Waals surface area contributed by atoms with E-state index in [-0.39, 0.29) is 11.9 Å². The fourth-order valence-electron chi connectivity index (χ4n) is 2.95. The van der Waals surface area contributed by atoms with E-state index in [4.69, 9.17) is 4.74 Å². The Morgan fingerprint density at radius 1 is 1.08 bits per heavy atom. The normalized spacial score (nSPS) is 16.5. The molecule has 1 atom stereocenters. The van der Waals surface area contributed by atoms with Gasteiger partial charge in [0.25, 0.3) is 5.91 Å². The third-order valence-corrected chi connectivity index (χ3v) is 4.94. The van der Waals surface area contributed by atoms with Gasteiger partial charge in [-0.15, -0.1) is 0 Å². The van der Waals surface area contributed by atoms with E-state index in [0.29, 0.717) is 12.1 Å². The van der Waals surface area contributed by atoms with Crippen LogP contribution in [0.1, 0.15) is 22.0 Å². The van der Waals surface area contributed by atoms with Crippen molar-refractivity contribution in [1.82, 2.24) is 10.2 Å². The molecule has 0 radical (unpaired) electrons. The smallest absolute Gasteiger partial charge is 0.252 e. The first-order valence-corrected chi connectivity index (χ1v) is 8.94. The topological polar surface area (TPSA) is 41.6 Å². The molecule has 0 spiro atoms. The molecule has 0 unspecified atom stereocenters. The van der Waals surface area contributed by atoms with Gasteiger partial charge in [0.1, 0.15) is 0 Å². The second-order valence-corrected chi connectivity index (χ2v) is 6.62. The molecule has 1 N–H and O–H groups in total. The summed E-state index contributed by atoms with van der Waals surface area (Å²) in [4.78, 5) is 14.9. The number of amides is 1. The van der Waals surface area contributed by atoms with Crippen molar-refractivity contribution in [3.05, 3.63) is 70.2 Å². The van der Waals surface area contributed by atoms with Gasteiger partial charge in [-0.1, -0.05) is 42.5 Å². The second kappa shape index (κ2) is 8.42. The molecule has 1 fully saturated rings. The Labute approximate surface area is 150 Å². The molecule has 0 aromatic heterocycles. The van der Waals surface area contributed by atoms with Crippen LogP contribution in [-0.4, -0.2) is 43.7 Å². The number of hydrogen-bond acceptors (Lipinski definition) is 3. The summed E-state index contributed by atoms with van der Waals surface area (Å²) in [6, 6.07) is 18.0. The van der Waals surface area contributed by atoms with Crippen molar-refractivity contribution in [3.8, 4) is 0 Å². The number of nitrogens with one attached hydrogen (secondary N) is 1.